The number of halogens is 16. The molecule has 0 aromatic heterocycles. The Bertz CT molecular complexity index is 997. The van der Waals surface area contributed by atoms with Crippen molar-refractivity contribution in [3.63, 3.8) is 0 Å². The van der Waals surface area contributed by atoms with Gasteiger partial charge in [0.2, 0.25) is 0 Å². The molecule has 0 amide bonds. The molecule has 178 valence electrons. The maximum Gasteiger partial charge on any atom is 0.458 e. The third kappa shape index (κ3) is 3.75. The number of rotatable bonds is 3. The molecule has 1 aromatic carbocycles. The van der Waals surface area contributed by atoms with Gasteiger partial charge in [-0.2, -0.15) is 76.4 Å². The lowest BCUT2D eigenvalue weighted by molar-refractivity contribution is -0.309. The minimum absolute atomic E-state index is 0.0462. The molecular weight excluding hydrogens is 500 g/mol. The predicted octanol–water partition coefficient (Wildman–Crippen LogP) is 6.53. The van der Waals surface area contributed by atoms with E-state index in [2.05, 4.69) is 0 Å². The van der Waals surface area contributed by atoms with Gasteiger partial charge in [-0.15, -0.1) is 0 Å². The number of hydrogen-bond acceptors (Lipinski definition) is 2. The first kappa shape index (κ1) is 27.1. The monoisotopic (exact) mass is 500 g/mol. The molecule has 0 N–H and O–H groups in total. The Morgan fingerprint density at radius 3 is 1.00 bits per heavy atom. The zero-order chi connectivity index (χ0) is 25.9. The molecular formula is C14F16N2. The third-order valence-corrected chi connectivity index (χ3v) is 3.67. The van der Waals surface area contributed by atoms with Gasteiger partial charge in [0.15, 0.2) is 5.82 Å². The summed E-state index contributed by atoms with van der Waals surface area (Å²) in [6.45, 7) is 0. The minimum Gasteiger partial charge on any atom is -0.205 e. The Morgan fingerprint density at radius 2 is 0.719 bits per heavy atom. The highest BCUT2D eigenvalue weighted by Crippen LogP contribution is 2.58. The maximum absolute atomic E-state index is 14.2. The molecule has 1 rings (SSSR count). The number of alkyl halides is 15. The van der Waals surface area contributed by atoms with Crippen molar-refractivity contribution in [1.29, 1.82) is 10.5 Å². The summed E-state index contributed by atoms with van der Waals surface area (Å²) in [7, 11) is 0. The van der Waals surface area contributed by atoms with E-state index in [0.717, 1.165) is 0 Å². The molecule has 0 heterocycles. The Morgan fingerprint density at radius 1 is 0.438 bits per heavy atom. The molecule has 0 aliphatic heterocycles. The zero-order valence-corrected chi connectivity index (χ0v) is 13.9. The van der Waals surface area contributed by atoms with Gasteiger partial charge in [-0.1, -0.05) is 0 Å². The van der Waals surface area contributed by atoms with Crippen molar-refractivity contribution in [2.75, 3.05) is 0 Å². The fourth-order valence-electron chi connectivity index (χ4n) is 2.28. The Kier molecular flexibility index (Phi) is 6.19. The fourth-order valence-corrected chi connectivity index (χ4v) is 2.28. The third-order valence-electron chi connectivity index (χ3n) is 3.67. The highest BCUT2D eigenvalue weighted by atomic mass is 19.4. The first-order valence-electron chi connectivity index (χ1n) is 6.97. The van der Waals surface area contributed by atoms with E-state index in [1.807, 2.05) is 0 Å². The van der Waals surface area contributed by atoms with Gasteiger partial charge >= 0.3 is 36.3 Å². The summed E-state index contributed by atoms with van der Waals surface area (Å²) in [6.07, 6.45) is -22.1. The zero-order valence-electron chi connectivity index (χ0n) is 13.9. The number of hydrogen-bond donors (Lipinski definition) is 0. The number of nitrogens with zero attached hydrogens (tertiary/aromatic N) is 2. The summed E-state index contributed by atoms with van der Waals surface area (Å²) < 4.78 is 211. The SMILES string of the molecule is N#Cc1c(F)c(C(F)(F)C(F)(F)F)c(C(F)(F)C(F)(F)F)c(C(F)(F)C(F)(F)F)c1C#N. The first-order valence-corrected chi connectivity index (χ1v) is 6.97. The Hall–Kier alpha value is -2.92. The lowest BCUT2D eigenvalue weighted by atomic mass is 9.82. The standard InChI is InChI=1S/C14F16N2/c15-8-4(2-32)3(1-31)5(9(16,17)12(22,23)24)6(10(18,19)13(25,26)27)7(8)11(20,21)14(28,29)30. The second kappa shape index (κ2) is 7.31. The van der Waals surface area contributed by atoms with Crippen LogP contribution in [0.2, 0.25) is 0 Å². The van der Waals surface area contributed by atoms with Crippen LogP contribution in [0.3, 0.4) is 0 Å². The second-order valence-electron chi connectivity index (χ2n) is 5.63. The molecule has 0 saturated heterocycles. The van der Waals surface area contributed by atoms with Crippen molar-refractivity contribution < 1.29 is 70.2 Å². The molecule has 1 aromatic rings. The van der Waals surface area contributed by atoms with Crippen LogP contribution in [0.1, 0.15) is 27.8 Å². The molecule has 0 saturated carbocycles. The molecule has 0 aliphatic rings. The Balaban J connectivity index is 4.75. The van der Waals surface area contributed by atoms with E-state index < -0.39 is 69.9 Å². The van der Waals surface area contributed by atoms with E-state index in [-0.39, 0.29) is 12.1 Å². The molecule has 0 fully saturated rings. The van der Waals surface area contributed by atoms with Crippen LogP contribution in [0.5, 0.6) is 0 Å². The van der Waals surface area contributed by atoms with Crippen LogP contribution < -0.4 is 0 Å². The normalized spacial score (nSPS) is 14.2. The van der Waals surface area contributed by atoms with E-state index in [0.29, 0.717) is 0 Å². The smallest absolute Gasteiger partial charge is 0.205 e. The summed E-state index contributed by atoms with van der Waals surface area (Å²) in [5.74, 6) is -25.6. The minimum atomic E-state index is -7.45. The van der Waals surface area contributed by atoms with E-state index in [9.17, 15) is 70.2 Å². The summed E-state index contributed by atoms with van der Waals surface area (Å²) in [6, 6.07) is 0.181. The molecule has 0 unspecified atom stereocenters. The molecule has 32 heavy (non-hydrogen) atoms. The topological polar surface area (TPSA) is 47.6 Å². The van der Waals surface area contributed by atoms with Crippen LogP contribution in [-0.2, 0) is 17.8 Å². The molecule has 0 spiro atoms. The predicted molar refractivity (Wildman–Crippen MR) is 65.7 cm³/mol. The van der Waals surface area contributed by atoms with Crippen molar-refractivity contribution >= 4 is 0 Å². The molecule has 18 heteroatoms. The average molecular weight is 500 g/mol. The molecule has 0 radical (unpaired) electrons. The van der Waals surface area contributed by atoms with Crippen LogP contribution in [0.4, 0.5) is 70.2 Å². The van der Waals surface area contributed by atoms with Crippen molar-refractivity contribution in [3.05, 3.63) is 33.6 Å². The van der Waals surface area contributed by atoms with Crippen LogP contribution >= 0.6 is 0 Å². The van der Waals surface area contributed by atoms with Crippen LogP contribution in [0.25, 0.3) is 0 Å². The van der Waals surface area contributed by atoms with Gasteiger partial charge in [-0.05, 0) is 0 Å². The molecule has 0 atom stereocenters. The number of benzene rings is 1. The fraction of sp³-hybridized carbons (Fsp3) is 0.429. The van der Waals surface area contributed by atoms with Gasteiger partial charge in [0, 0.05) is 0 Å². The van der Waals surface area contributed by atoms with Crippen LogP contribution in [0, 0.1) is 28.5 Å². The lowest BCUT2D eigenvalue weighted by Gasteiger charge is -2.33. The van der Waals surface area contributed by atoms with Crippen LogP contribution in [-0.4, -0.2) is 18.5 Å². The van der Waals surface area contributed by atoms with Gasteiger partial charge < -0.3 is 0 Å². The quantitative estimate of drug-likeness (QED) is 0.444. The summed E-state index contributed by atoms with van der Waals surface area (Å²) in [4.78, 5) is 0. The van der Waals surface area contributed by atoms with Gasteiger partial charge in [-0.3, -0.25) is 0 Å². The summed E-state index contributed by atoms with van der Waals surface area (Å²) >= 11 is 0. The van der Waals surface area contributed by atoms with Crippen LogP contribution in [0.15, 0.2) is 0 Å². The summed E-state index contributed by atoms with van der Waals surface area (Å²) in [5.41, 5.74) is -18.7. The van der Waals surface area contributed by atoms with E-state index in [1.54, 1.807) is 0 Å². The van der Waals surface area contributed by atoms with Gasteiger partial charge in [0.25, 0.3) is 0 Å². The highest BCUT2D eigenvalue weighted by molar-refractivity contribution is 5.62. The van der Waals surface area contributed by atoms with E-state index in [1.165, 1.54) is 0 Å². The Labute approximate surface area is 164 Å². The molecule has 0 bridgehead atoms. The maximum atomic E-state index is 14.2. The molecule has 2 nitrogen and oxygen atoms in total. The van der Waals surface area contributed by atoms with E-state index >= 15 is 0 Å². The van der Waals surface area contributed by atoms with Gasteiger partial charge in [0.05, 0.1) is 22.3 Å². The summed E-state index contributed by atoms with van der Waals surface area (Å²) in [5, 5.41) is 17.2. The average Bonchev–Trinajstić information content (AvgIpc) is 2.56. The van der Waals surface area contributed by atoms with Crippen molar-refractivity contribution in [2.45, 2.75) is 36.3 Å². The highest BCUT2D eigenvalue weighted by Gasteiger charge is 2.72. The first-order chi connectivity index (χ1) is 13.9. The second-order valence-corrected chi connectivity index (χ2v) is 5.63. The van der Waals surface area contributed by atoms with Crippen molar-refractivity contribution in [3.8, 4) is 12.1 Å². The lowest BCUT2D eigenvalue weighted by Crippen LogP contribution is -2.45. The number of nitriles is 2. The van der Waals surface area contributed by atoms with Crippen molar-refractivity contribution in [2.24, 2.45) is 0 Å². The largest absolute Gasteiger partial charge is 0.458 e. The van der Waals surface area contributed by atoms with Gasteiger partial charge in [0.1, 0.15) is 17.7 Å². The van der Waals surface area contributed by atoms with Gasteiger partial charge in [-0.25, -0.2) is 4.39 Å². The molecule has 0 aliphatic carbocycles. The van der Waals surface area contributed by atoms with E-state index in [4.69, 9.17) is 10.5 Å². The van der Waals surface area contributed by atoms with Crippen molar-refractivity contribution in [1.82, 2.24) is 0 Å².